The van der Waals surface area contributed by atoms with Crippen LogP contribution in [0.1, 0.15) is 5.56 Å². The number of nitrogens with zero attached hydrogens (tertiary/aromatic N) is 2. The van der Waals surface area contributed by atoms with Crippen LogP contribution < -0.4 is 10.6 Å². The van der Waals surface area contributed by atoms with E-state index in [0.717, 1.165) is 5.56 Å². The van der Waals surface area contributed by atoms with Crippen LogP contribution in [0, 0.1) is 12.7 Å². The Labute approximate surface area is 124 Å². The fourth-order valence-corrected chi connectivity index (χ4v) is 2.92. The van der Waals surface area contributed by atoms with Gasteiger partial charge in [-0.15, -0.1) is 10.2 Å². The minimum absolute atomic E-state index is 0.203. The zero-order valence-electron chi connectivity index (χ0n) is 10.9. The van der Waals surface area contributed by atoms with Crippen molar-refractivity contribution >= 4 is 39.8 Å². The Morgan fingerprint density at radius 3 is 2.95 bits per heavy atom. The molecule has 0 saturated carbocycles. The number of carbonyl (C=O) groups excluding carboxylic acids is 1. The molecule has 0 radical (unpaired) electrons. The number of hydrogen-bond donors (Lipinski definition) is 2. The molecule has 2 aromatic rings. The van der Waals surface area contributed by atoms with Gasteiger partial charge in [-0.1, -0.05) is 29.2 Å². The van der Waals surface area contributed by atoms with Gasteiger partial charge in [0.25, 0.3) is 0 Å². The predicted octanol–water partition coefficient (Wildman–Crippen LogP) is 2.76. The van der Waals surface area contributed by atoms with Crippen molar-refractivity contribution in [2.75, 3.05) is 23.4 Å². The number of aromatic nitrogens is 2. The maximum atomic E-state index is 13.1. The third-order valence-electron chi connectivity index (χ3n) is 2.42. The molecule has 0 unspecified atom stereocenters. The summed E-state index contributed by atoms with van der Waals surface area (Å²) in [7, 11) is 1.76. The number of rotatable bonds is 5. The van der Waals surface area contributed by atoms with E-state index < -0.39 is 0 Å². The standard InChI is InChI=1S/C12H13FN4OS2/c1-7-3-4-8(13)5-9(7)15-10(18)6-19-12-17-16-11(14-2)20-12/h3-5H,6H2,1-2H3,(H,14,16)(H,15,18). The van der Waals surface area contributed by atoms with E-state index in [-0.39, 0.29) is 17.5 Å². The lowest BCUT2D eigenvalue weighted by molar-refractivity contribution is -0.113. The Bertz CT molecular complexity index is 617. The molecule has 5 nitrogen and oxygen atoms in total. The lowest BCUT2D eigenvalue weighted by atomic mass is 10.2. The van der Waals surface area contributed by atoms with Crippen LogP contribution in [0.4, 0.5) is 15.2 Å². The van der Waals surface area contributed by atoms with E-state index in [0.29, 0.717) is 15.2 Å². The van der Waals surface area contributed by atoms with Crippen LogP contribution in [0.3, 0.4) is 0 Å². The molecule has 0 aliphatic carbocycles. The number of thioether (sulfide) groups is 1. The van der Waals surface area contributed by atoms with Gasteiger partial charge in [-0.3, -0.25) is 4.79 Å². The molecule has 0 spiro atoms. The second-order valence-corrected chi connectivity index (χ2v) is 6.12. The summed E-state index contributed by atoms with van der Waals surface area (Å²) in [5, 5.41) is 14.1. The van der Waals surface area contributed by atoms with Crippen molar-refractivity contribution in [3.8, 4) is 0 Å². The number of anilines is 2. The number of hydrogen-bond acceptors (Lipinski definition) is 6. The molecular weight excluding hydrogens is 299 g/mol. The van der Waals surface area contributed by atoms with Gasteiger partial charge in [-0.25, -0.2) is 4.39 Å². The summed E-state index contributed by atoms with van der Waals surface area (Å²) in [6.07, 6.45) is 0. The highest BCUT2D eigenvalue weighted by Gasteiger charge is 2.09. The monoisotopic (exact) mass is 312 g/mol. The molecule has 2 N–H and O–H groups in total. The molecule has 1 aromatic carbocycles. The Balaban J connectivity index is 1.90. The third-order valence-corrected chi connectivity index (χ3v) is 4.49. The summed E-state index contributed by atoms with van der Waals surface area (Å²) in [6, 6.07) is 4.30. The van der Waals surface area contributed by atoms with Crippen LogP contribution in [-0.2, 0) is 4.79 Å². The first kappa shape index (κ1) is 14.7. The molecule has 20 heavy (non-hydrogen) atoms. The molecule has 8 heteroatoms. The zero-order valence-corrected chi connectivity index (χ0v) is 12.6. The minimum Gasteiger partial charge on any atom is -0.363 e. The summed E-state index contributed by atoms with van der Waals surface area (Å²) in [5.41, 5.74) is 1.31. The molecule has 0 saturated heterocycles. The first-order chi connectivity index (χ1) is 9.58. The van der Waals surface area contributed by atoms with Gasteiger partial charge in [-0.2, -0.15) is 0 Å². The molecule has 0 aliphatic heterocycles. The second kappa shape index (κ2) is 6.67. The van der Waals surface area contributed by atoms with Crippen LogP contribution in [0.5, 0.6) is 0 Å². The van der Waals surface area contributed by atoms with Crippen molar-refractivity contribution in [1.82, 2.24) is 10.2 Å². The molecule has 0 aliphatic rings. The van der Waals surface area contributed by atoms with Gasteiger partial charge in [0, 0.05) is 12.7 Å². The smallest absolute Gasteiger partial charge is 0.234 e. The van der Waals surface area contributed by atoms with Crippen LogP contribution in [0.2, 0.25) is 0 Å². The zero-order chi connectivity index (χ0) is 14.5. The highest BCUT2D eigenvalue weighted by Crippen LogP contribution is 2.25. The Hall–Kier alpha value is -1.67. The van der Waals surface area contributed by atoms with Crippen molar-refractivity contribution in [3.05, 3.63) is 29.6 Å². The molecule has 1 aromatic heterocycles. The van der Waals surface area contributed by atoms with Gasteiger partial charge < -0.3 is 10.6 Å². The topological polar surface area (TPSA) is 66.9 Å². The minimum atomic E-state index is -0.374. The molecule has 2 rings (SSSR count). The molecule has 1 heterocycles. The SMILES string of the molecule is CNc1nnc(SCC(=O)Nc2cc(F)ccc2C)s1. The second-order valence-electron chi connectivity index (χ2n) is 3.92. The first-order valence-corrected chi connectivity index (χ1v) is 7.59. The average Bonchev–Trinajstić information content (AvgIpc) is 2.89. The highest BCUT2D eigenvalue weighted by molar-refractivity contribution is 8.01. The first-order valence-electron chi connectivity index (χ1n) is 5.78. The third kappa shape index (κ3) is 3.91. The molecule has 106 valence electrons. The lowest BCUT2D eigenvalue weighted by Crippen LogP contribution is -2.14. The van der Waals surface area contributed by atoms with E-state index in [2.05, 4.69) is 20.8 Å². The molecular formula is C12H13FN4OS2. The van der Waals surface area contributed by atoms with Gasteiger partial charge >= 0.3 is 0 Å². The maximum Gasteiger partial charge on any atom is 0.234 e. The summed E-state index contributed by atoms with van der Waals surface area (Å²) < 4.78 is 13.8. The summed E-state index contributed by atoms with van der Waals surface area (Å²) in [6.45, 7) is 1.81. The fraction of sp³-hybridized carbons (Fsp3) is 0.250. The maximum absolute atomic E-state index is 13.1. The number of benzene rings is 1. The molecule has 0 atom stereocenters. The van der Waals surface area contributed by atoms with Crippen molar-refractivity contribution in [2.45, 2.75) is 11.3 Å². The predicted molar refractivity (Wildman–Crippen MR) is 79.9 cm³/mol. The molecule has 0 fully saturated rings. The quantitative estimate of drug-likeness (QED) is 0.831. The van der Waals surface area contributed by atoms with E-state index in [1.54, 1.807) is 13.1 Å². The summed E-state index contributed by atoms with van der Waals surface area (Å²) in [4.78, 5) is 11.8. The van der Waals surface area contributed by atoms with Gasteiger partial charge in [0.05, 0.1) is 5.75 Å². The average molecular weight is 312 g/mol. The summed E-state index contributed by atoms with van der Waals surface area (Å²) >= 11 is 2.67. The van der Waals surface area contributed by atoms with Gasteiger partial charge in [0.15, 0.2) is 4.34 Å². The van der Waals surface area contributed by atoms with Crippen molar-refractivity contribution in [3.63, 3.8) is 0 Å². The number of amides is 1. The van der Waals surface area contributed by atoms with Crippen LogP contribution >= 0.6 is 23.1 Å². The van der Waals surface area contributed by atoms with Gasteiger partial charge in [-0.05, 0) is 24.6 Å². The molecule has 0 bridgehead atoms. The number of halogens is 1. The van der Waals surface area contributed by atoms with Crippen molar-refractivity contribution in [1.29, 1.82) is 0 Å². The highest BCUT2D eigenvalue weighted by atomic mass is 32.2. The Morgan fingerprint density at radius 1 is 1.45 bits per heavy atom. The number of carbonyl (C=O) groups is 1. The van der Waals surface area contributed by atoms with E-state index in [1.807, 2.05) is 6.92 Å². The Kier molecular flexibility index (Phi) is 4.91. The lowest BCUT2D eigenvalue weighted by Gasteiger charge is -2.07. The summed E-state index contributed by atoms with van der Waals surface area (Å²) in [5.74, 6) is -0.375. The Morgan fingerprint density at radius 2 is 2.25 bits per heavy atom. The number of aryl methyl sites for hydroxylation is 1. The van der Waals surface area contributed by atoms with Crippen LogP contribution in [0.25, 0.3) is 0 Å². The van der Waals surface area contributed by atoms with Gasteiger partial charge in [0.2, 0.25) is 11.0 Å². The van der Waals surface area contributed by atoms with E-state index in [9.17, 15) is 9.18 Å². The molecule has 1 amide bonds. The largest absolute Gasteiger partial charge is 0.363 e. The van der Waals surface area contributed by atoms with E-state index >= 15 is 0 Å². The van der Waals surface area contributed by atoms with Gasteiger partial charge in [0.1, 0.15) is 5.82 Å². The van der Waals surface area contributed by atoms with E-state index in [4.69, 9.17) is 0 Å². The fourth-order valence-electron chi connectivity index (χ4n) is 1.41. The number of nitrogens with one attached hydrogen (secondary N) is 2. The van der Waals surface area contributed by atoms with Crippen LogP contribution in [-0.4, -0.2) is 28.9 Å². The van der Waals surface area contributed by atoms with Crippen LogP contribution in [0.15, 0.2) is 22.5 Å². The van der Waals surface area contributed by atoms with Crippen molar-refractivity contribution in [2.24, 2.45) is 0 Å². The van der Waals surface area contributed by atoms with Crippen molar-refractivity contribution < 1.29 is 9.18 Å². The normalized spacial score (nSPS) is 10.3. The van der Waals surface area contributed by atoms with E-state index in [1.165, 1.54) is 35.2 Å².